The van der Waals surface area contributed by atoms with Gasteiger partial charge in [-0.1, -0.05) is 89.2 Å². The third-order valence-electron chi connectivity index (χ3n) is 1.52. The van der Waals surface area contributed by atoms with Gasteiger partial charge in [-0.2, -0.15) is 0 Å². The first kappa shape index (κ1) is 34.9. The summed E-state index contributed by atoms with van der Waals surface area (Å²) >= 11 is 0. The number of hydrogen-bond acceptors (Lipinski definition) is 5. The smallest absolute Gasteiger partial charge is 0.115 e. The molecule has 0 aromatic carbocycles. The normalized spacial score (nSPS) is 9.82. The molecule has 3 aromatic rings. The minimum atomic E-state index is 0.500. The molecule has 0 amide bonds. The van der Waals surface area contributed by atoms with Gasteiger partial charge in [-0.25, -0.2) is 9.97 Å². The summed E-state index contributed by atoms with van der Waals surface area (Å²) < 4.78 is 0. The Morgan fingerprint density at radius 1 is 0.303 bits per heavy atom. The first-order valence-corrected chi connectivity index (χ1v) is 11.2. The van der Waals surface area contributed by atoms with Crippen LogP contribution in [-0.4, -0.2) is 24.9 Å². The van der Waals surface area contributed by atoms with Crippen LogP contribution in [0.25, 0.3) is 0 Å². The number of pyridine rings is 1. The maximum Gasteiger partial charge on any atom is 0.115 e. The van der Waals surface area contributed by atoms with Crippen molar-refractivity contribution in [2.24, 2.45) is 16.2 Å². The Bertz CT molecular complexity index is 497. The highest BCUT2D eigenvalue weighted by Gasteiger charge is 1.96. The fourth-order valence-corrected chi connectivity index (χ4v) is 0.819. The third-order valence-corrected chi connectivity index (χ3v) is 1.52. The van der Waals surface area contributed by atoms with E-state index in [1.54, 1.807) is 55.6 Å². The lowest BCUT2D eigenvalue weighted by molar-refractivity contribution is 0.469. The SMILES string of the molecule is CC(C)(C)C.CC(C)(C)C.CC(C)(C)C.c1ccncc1.c1cnccn1.c1cncnc1. The van der Waals surface area contributed by atoms with Gasteiger partial charge in [-0.15, -0.1) is 0 Å². The van der Waals surface area contributed by atoms with Crippen LogP contribution >= 0.6 is 0 Å². The standard InChI is InChI=1S/C5H5N.3C5H12.2C4H4N2/c1-2-4-6-5-3-1;3*1-5(2,3)4;1-2-6-4-3-5-1;1-2-5-4-6-3-1/h1-5H;3*1-4H3;2*1-4H. The molecule has 0 atom stereocenters. The van der Waals surface area contributed by atoms with Gasteiger partial charge in [0.1, 0.15) is 6.33 Å². The highest BCUT2D eigenvalue weighted by molar-refractivity contribution is 4.88. The van der Waals surface area contributed by atoms with Crippen LogP contribution in [0.2, 0.25) is 0 Å². The molecule has 186 valence electrons. The first-order chi connectivity index (χ1) is 15.0. The molecule has 0 unspecified atom stereocenters. The number of nitrogens with zero attached hydrogens (tertiary/aromatic N) is 5. The van der Waals surface area contributed by atoms with Gasteiger partial charge in [0.2, 0.25) is 0 Å². The number of aromatic nitrogens is 5. The van der Waals surface area contributed by atoms with Crippen molar-refractivity contribution in [1.29, 1.82) is 0 Å². The lowest BCUT2D eigenvalue weighted by Gasteiger charge is -2.05. The quantitative estimate of drug-likeness (QED) is 0.342. The Balaban J connectivity index is -0.000000329. The summed E-state index contributed by atoms with van der Waals surface area (Å²) in [5, 5.41) is 0. The molecule has 0 fully saturated rings. The molecule has 0 saturated heterocycles. The van der Waals surface area contributed by atoms with Crippen molar-refractivity contribution in [3.8, 4) is 0 Å². The second-order valence-electron chi connectivity index (χ2n) is 11.8. The first-order valence-electron chi connectivity index (χ1n) is 11.2. The van der Waals surface area contributed by atoms with E-state index in [0.717, 1.165) is 0 Å². The van der Waals surface area contributed by atoms with Gasteiger partial charge in [-0.05, 0) is 34.4 Å². The second-order valence-corrected chi connectivity index (χ2v) is 11.8. The van der Waals surface area contributed by atoms with E-state index < -0.39 is 0 Å². The molecule has 5 nitrogen and oxygen atoms in total. The molecule has 0 aliphatic rings. The van der Waals surface area contributed by atoms with Crippen molar-refractivity contribution in [3.63, 3.8) is 0 Å². The molecule has 5 heteroatoms. The van der Waals surface area contributed by atoms with E-state index in [1.165, 1.54) is 6.33 Å². The summed E-state index contributed by atoms with van der Waals surface area (Å²) in [6.45, 7) is 26.2. The van der Waals surface area contributed by atoms with E-state index in [0.29, 0.717) is 16.2 Å². The minimum Gasteiger partial charge on any atom is -0.265 e. The Kier molecular flexibility index (Phi) is 22.4. The average Bonchev–Trinajstić information content (AvgIpc) is 2.69. The van der Waals surface area contributed by atoms with Gasteiger partial charge >= 0.3 is 0 Å². The van der Waals surface area contributed by atoms with Crippen LogP contribution in [0, 0.1) is 16.2 Å². The molecule has 0 aliphatic carbocycles. The highest BCUT2D eigenvalue weighted by atomic mass is 14.8. The molecule has 0 N–H and O–H groups in total. The van der Waals surface area contributed by atoms with Crippen molar-refractivity contribution < 1.29 is 0 Å². The van der Waals surface area contributed by atoms with Crippen molar-refractivity contribution in [3.05, 3.63) is 80.2 Å². The van der Waals surface area contributed by atoms with Crippen LogP contribution in [0.1, 0.15) is 83.1 Å². The molecule has 33 heavy (non-hydrogen) atoms. The zero-order valence-corrected chi connectivity index (χ0v) is 23.2. The van der Waals surface area contributed by atoms with E-state index in [1.807, 2.05) is 18.2 Å². The summed E-state index contributed by atoms with van der Waals surface area (Å²) in [6.07, 6.45) is 14.9. The Labute approximate surface area is 204 Å². The molecule has 0 bridgehead atoms. The molecule has 0 radical (unpaired) electrons. The van der Waals surface area contributed by atoms with Gasteiger partial charge in [0.15, 0.2) is 0 Å². The van der Waals surface area contributed by atoms with E-state index in [4.69, 9.17) is 0 Å². The Morgan fingerprint density at radius 3 is 0.636 bits per heavy atom. The topological polar surface area (TPSA) is 64.5 Å². The maximum absolute atomic E-state index is 3.78. The predicted molar refractivity (Wildman–Crippen MR) is 144 cm³/mol. The van der Waals surface area contributed by atoms with Gasteiger partial charge in [-0.3, -0.25) is 15.0 Å². The fourth-order valence-electron chi connectivity index (χ4n) is 0.819. The van der Waals surface area contributed by atoms with Crippen LogP contribution in [0.5, 0.6) is 0 Å². The van der Waals surface area contributed by atoms with Crippen LogP contribution in [0.15, 0.2) is 80.2 Å². The maximum atomic E-state index is 3.78. The lowest BCUT2D eigenvalue weighted by atomic mass is 10.0. The van der Waals surface area contributed by atoms with E-state index in [9.17, 15) is 0 Å². The number of rotatable bonds is 0. The van der Waals surface area contributed by atoms with Crippen molar-refractivity contribution in [2.45, 2.75) is 83.1 Å². The third kappa shape index (κ3) is 93.3. The summed E-state index contributed by atoms with van der Waals surface area (Å²) in [7, 11) is 0. The largest absolute Gasteiger partial charge is 0.265 e. The zero-order chi connectivity index (χ0) is 26.2. The molecule has 0 aliphatic heterocycles. The monoisotopic (exact) mass is 455 g/mol. The van der Waals surface area contributed by atoms with Crippen molar-refractivity contribution >= 4 is 0 Å². The number of hydrogen-bond donors (Lipinski definition) is 0. The highest BCUT2D eigenvalue weighted by Crippen LogP contribution is 2.08. The van der Waals surface area contributed by atoms with Crippen LogP contribution in [-0.2, 0) is 0 Å². The molecule has 3 heterocycles. The molecular weight excluding hydrogens is 406 g/mol. The second kappa shape index (κ2) is 21.2. The summed E-state index contributed by atoms with van der Waals surface area (Å²) in [5.41, 5.74) is 1.50. The average molecular weight is 456 g/mol. The summed E-state index contributed by atoms with van der Waals surface area (Å²) in [6, 6.07) is 7.49. The zero-order valence-electron chi connectivity index (χ0n) is 23.2. The van der Waals surface area contributed by atoms with E-state index in [2.05, 4.69) is 108 Å². The van der Waals surface area contributed by atoms with Crippen LogP contribution in [0.4, 0.5) is 0 Å². The van der Waals surface area contributed by atoms with Crippen LogP contribution in [0.3, 0.4) is 0 Å². The van der Waals surface area contributed by atoms with E-state index in [-0.39, 0.29) is 0 Å². The van der Waals surface area contributed by atoms with Crippen molar-refractivity contribution in [2.75, 3.05) is 0 Å². The predicted octanol–water partition coefficient (Wildman–Crippen LogP) is 8.19. The molecule has 3 aromatic heterocycles. The summed E-state index contributed by atoms with van der Waals surface area (Å²) in [4.78, 5) is 18.6. The Hall–Kier alpha value is -2.69. The molecule has 0 spiro atoms. The summed E-state index contributed by atoms with van der Waals surface area (Å²) in [5.74, 6) is 0. The van der Waals surface area contributed by atoms with Gasteiger partial charge in [0.05, 0.1) is 0 Å². The van der Waals surface area contributed by atoms with Gasteiger partial charge in [0, 0.05) is 49.6 Å². The fraction of sp³-hybridized carbons (Fsp3) is 0.536. The minimum absolute atomic E-state index is 0.500. The lowest BCUT2D eigenvalue weighted by Crippen LogP contribution is -1.93. The van der Waals surface area contributed by atoms with Gasteiger partial charge < -0.3 is 0 Å². The van der Waals surface area contributed by atoms with E-state index >= 15 is 0 Å². The molecule has 3 rings (SSSR count). The van der Waals surface area contributed by atoms with Gasteiger partial charge in [0.25, 0.3) is 0 Å². The molecule has 0 saturated carbocycles. The Morgan fingerprint density at radius 2 is 0.545 bits per heavy atom. The van der Waals surface area contributed by atoms with Crippen molar-refractivity contribution in [1.82, 2.24) is 24.9 Å². The molecular formula is C28H49N5. The van der Waals surface area contributed by atoms with Crippen LogP contribution < -0.4 is 0 Å².